The van der Waals surface area contributed by atoms with Gasteiger partial charge in [-0.2, -0.15) is 0 Å². The van der Waals surface area contributed by atoms with E-state index < -0.39 is 0 Å². The summed E-state index contributed by atoms with van der Waals surface area (Å²) in [6.45, 7) is 2.07. The maximum Gasteiger partial charge on any atom is 0.289 e. The van der Waals surface area contributed by atoms with Crippen LogP contribution in [0.1, 0.15) is 65.2 Å². The van der Waals surface area contributed by atoms with Gasteiger partial charge in [-0.05, 0) is 31.6 Å². The van der Waals surface area contributed by atoms with Crippen LogP contribution in [0.2, 0.25) is 0 Å². The Morgan fingerprint density at radius 3 is 2.61 bits per heavy atom. The summed E-state index contributed by atoms with van der Waals surface area (Å²) in [5.74, 6) is -0.347. The van der Waals surface area contributed by atoms with Crippen LogP contribution >= 0.6 is 0 Å². The van der Waals surface area contributed by atoms with Crippen molar-refractivity contribution in [2.45, 2.75) is 51.0 Å². The molecule has 0 aliphatic carbocycles. The van der Waals surface area contributed by atoms with Crippen molar-refractivity contribution < 1.29 is 28.4 Å². The lowest BCUT2D eigenvalue weighted by Crippen LogP contribution is -2.47. The number of imide groups is 1. The molecule has 0 saturated carbocycles. The number of carbonyl (C=O) groups is 5. The molecule has 5 heterocycles. The second-order valence-electron chi connectivity index (χ2n) is 9.28. The van der Waals surface area contributed by atoms with Crippen LogP contribution in [0.4, 0.5) is 0 Å². The Hall–Kier alpha value is -3.17. The molecule has 10 heteroatoms. The molecule has 0 radical (unpaired) electrons. The van der Waals surface area contributed by atoms with E-state index in [1.807, 2.05) is 0 Å². The van der Waals surface area contributed by atoms with E-state index in [4.69, 9.17) is 4.42 Å². The van der Waals surface area contributed by atoms with Crippen LogP contribution in [0.25, 0.3) is 0 Å². The molecule has 2 unspecified atom stereocenters. The van der Waals surface area contributed by atoms with Crippen molar-refractivity contribution in [3.8, 4) is 0 Å². The van der Waals surface area contributed by atoms with Crippen molar-refractivity contribution in [2.24, 2.45) is 5.92 Å². The van der Waals surface area contributed by atoms with Gasteiger partial charge in [-0.15, -0.1) is 0 Å². The first kappa shape index (κ1) is 21.7. The summed E-state index contributed by atoms with van der Waals surface area (Å²) in [4.78, 5) is 66.5. The van der Waals surface area contributed by atoms with Gasteiger partial charge in [0.25, 0.3) is 11.8 Å². The molecule has 3 saturated heterocycles. The molecule has 1 aromatic heterocycles. The fourth-order valence-electron chi connectivity index (χ4n) is 5.52. The second-order valence-corrected chi connectivity index (χ2v) is 9.28. The van der Waals surface area contributed by atoms with Crippen molar-refractivity contribution in [1.29, 1.82) is 0 Å². The molecule has 0 bridgehead atoms. The van der Waals surface area contributed by atoms with Gasteiger partial charge >= 0.3 is 0 Å². The van der Waals surface area contributed by atoms with E-state index in [9.17, 15) is 24.0 Å². The molecule has 10 nitrogen and oxygen atoms in total. The Labute approximate surface area is 191 Å². The van der Waals surface area contributed by atoms with Crippen molar-refractivity contribution >= 4 is 29.5 Å². The molecule has 4 aliphatic rings. The first-order valence-electron chi connectivity index (χ1n) is 11.7. The number of rotatable bonds is 4. The highest BCUT2D eigenvalue weighted by Gasteiger charge is 2.41. The third-order valence-electron chi connectivity index (χ3n) is 7.25. The third kappa shape index (κ3) is 4.02. The molecule has 5 amide bonds. The Kier molecular flexibility index (Phi) is 5.67. The average Bonchev–Trinajstić information content (AvgIpc) is 3.58. The van der Waals surface area contributed by atoms with E-state index in [-0.39, 0.29) is 66.6 Å². The van der Waals surface area contributed by atoms with Gasteiger partial charge in [-0.3, -0.25) is 28.9 Å². The van der Waals surface area contributed by atoms with E-state index in [0.29, 0.717) is 43.9 Å². The number of likely N-dealkylation sites (tertiary alicyclic amines) is 3. The minimum atomic E-state index is -0.285. The molecular weight excluding hydrogens is 428 g/mol. The number of furan rings is 1. The molecule has 5 rings (SSSR count). The van der Waals surface area contributed by atoms with Crippen LogP contribution in [0.5, 0.6) is 0 Å². The molecule has 33 heavy (non-hydrogen) atoms. The first-order chi connectivity index (χ1) is 15.9. The minimum Gasteiger partial charge on any atom is -0.455 e. The molecule has 0 aromatic carbocycles. The number of hydrogen-bond donors (Lipinski definition) is 1. The lowest BCUT2D eigenvalue weighted by molar-refractivity contribution is -0.146. The largest absolute Gasteiger partial charge is 0.455 e. The number of carbonyl (C=O) groups excluding carboxylic acids is 5. The van der Waals surface area contributed by atoms with Crippen molar-refractivity contribution in [3.05, 3.63) is 23.2 Å². The predicted octanol–water partition coefficient (Wildman–Crippen LogP) is 0.558. The Bertz CT molecular complexity index is 1000. The second kappa shape index (κ2) is 8.64. The maximum absolute atomic E-state index is 13.1. The Morgan fingerprint density at radius 2 is 1.82 bits per heavy atom. The number of amides is 5. The van der Waals surface area contributed by atoms with Gasteiger partial charge in [0.1, 0.15) is 12.3 Å². The van der Waals surface area contributed by atoms with Gasteiger partial charge < -0.3 is 19.5 Å². The highest BCUT2D eigenvalue weighted by Crippen LogP contribution is 2.32. The SMILES string of the molecule is O=C1NCCCc2oc(C(=O)N3CCC(C4CCCN4C(=O)CN4C(=O)CCC4=O)C3)cc21. The van der Waals surface area contributed by atoms with Crippen LogP contribution in [0.15, 0.2) is 10.5 Å². The Balaban J connectivity index is 1.23. The molecule has 1 aromatic rings. The number of aryl methyl sites for hydroxylation is 1. The fourth-order valence-corrected chi connectivity index (χ4v) is 5.52. The number of fused-ring (bicyclic) bond motifs is 1. The molecule has 1 N–H and O–H groups in total. The molecule has 2 atom stereocenters. The lowest BCUT2D eigenvalue weighted by atomic mass is 9.96. The highest BCUT2D eigenvalue weighted by atomic mass is 16.4. The van der Waals surface area contributed by atoms with Gasteiger partial charge in [-0.1, -0.05) is 0 Å². The van der Waals surface area contributed by atoms with Crippen LogP contribution in [0.3, 0.4) is 0 Å². The topological polar surface area (TPSA) is 120 Å². The smallest absolute Gasteiger partial charge is 0.289 e. The summed E-state index contributed by atoms with van der Waals surface area (Å²) in [5, 5.41) is 2.81. The summed E-state index contributed by atoms with van der Waals surface area (Å²) in [6, 6.07) is 1.53. The van der Waals surface area contributed by atoms with Crippen molar-refractivity contribution in [1.82, 2.24) is 20.0 Å². The third-order valence-corrected chi connectivity index (χ3v) is 7.25. The van der Waals surface area contributed by atoms with Crippen molar-refractivity contribution in [2.75, 3.05) is 32.7 Å². The van der Waals surface area contributed by atoms with Crippen LogP contribution in [0, 0.1) is 5.92 Å². The first-order valence-corrected chi connectivity index (χ1v) is 11.7. The zero-order valence-electron chi connectivity index (χ0n) is 18.5. The van der Waals surface area contributed by atoms with Gasteiger partial charge in [0.05, 0.1) is 5.56 Å². The molecule has 176 valence electrons. The zero-order chi connectivity index (χ0) is 23.1. The summed E-state index contributed by atoms with van der Waals surface area (Å²) >= 11 is 0. The average molecular weight is 456 g/mol. The van der Waals surface area contributed by atoms with E-state index in [2.05, 4.69) is 5.32 Å². The minimum absolute atomic E-state index is 0.0118. The summed E-state index contributed by atoms with van der Waals surface area (Å²) in [7, 11) is 0. The van der Waals surface area contributed by atoms with E-state index in [1.165, 1.54) is 0 Å². The van der Waals surface area contributed by atoms with E-state index in [0.717, 1.165) is 30.6 Å². The quantitative estimate of drug-likeness (QED) is 0.661. The molecule has 4 aliphatic heterocycles. The van der Waals surface area contributed by atoms with Gasteiger partial charge in [0.15, 0.2) is 5.76 Å². The predicted molar refractivity (Wildman–Crippen MR) is 114 cm³/mol. The number of nitrogens with zero attached hydrogens (tertiary/aromatic N) is 3. The zero-order valence-corrected chi connectivity index (χ0v) is 18.5. The maximum atomic E-state index is 13.1. The van der Waals surface area contributed by atoms with Crippen LogP contribution < -0.4 is 5.32 Å². The summed E-state index contributed by atoms with van der Waals surface area (Å²) < 4.78 is 5.76. The normalized spacial score (nSPS) is 25.5. The number of nitrogens with one attached hydrogen (secondary N) is 1. The molecule has 0 spiro atoms. The van der Waals surface area contributed by atoms with E-state index >= 15 is 0 Å². The van der Waals surface area contributed by atoms with Gasteiger partial charge in [0.2, 0.25) is 17.7 Å². The van der Waals surface area contributed by atoms with E-state index in [1.54, 1.807) is 15.9 Å². The number of hydrogen-bond acceptors (Lipinski definition) is 6. The van der Waals surface area contributed by atoms with Gasteiger partial charge in [0, 0.05) is 57.5 Å². The molecule has 3 fully saturated rings. The standard InChI is InChI=1S/C23H28N4O6/c28-19-5-6-20(29)27(19)13-21(30)26-9-2-3-16(26)14-7-10-25(12-14)23(32)18-11-15-17(33-18)4-1-8-24-22(15)31/h11,14,16H,1-10,12-13H2,(H,24,31). The van der Waals surface area contributed by atoms with Crippen LogP contribution in [-0.4, -0.2) is 83.0 Å². The fraction of sp³-hybridized carbons (Fsp3) is 0.609. The van der Waals surface area contributed by atoms with Gasteiger partial charge in [-0.25, -0.2) is 0 Å². The highest BCUT2D eigenvalue weighted by molar-refractivity contribution is 6.04. The monoisotopic (exact) mass is 456 g/mol. The Morgan fingerprint density at radius 1 is 1.03 bits per heavy atom. The van der Waals surface area contributed by atoms with Crippen LogP contribution in [-0.2, 0) is 20.8 Å². The lowest BCUT2D eigenvalue weighted by Gasteiger charge is -2.30. The molecular formula is C23H28N4O6. The van der Waals surface area contributed by atoms with Crippen molar-refractivity contribution in [3.63, 3.8) is 0 Å². The summed E-state index contributed by atoms with van der Waals surface area (Å²) in [6.07, 6.45) is 4.21. The summed E-state index contributed by atoms with van der Waals surface area (Å²) in [5.41, 5.74) is 0.435.